The van der Waals surface area contributed by atoms with Gasteiger partial charge in [-0.15, -0.1) is 0 Å². The molecule has 0 bridgehead atoms. The number of aromatic nitrogens is 1. The summed E-state index contributed by atoms with van der Waals surface area (Å²) in [5, 5.41) is 2.85. The Morgan fingerprint density at radius 2 is 1.81 bits per heavy atom. The van der Waals surface area contributed by atoms with Crippen LogP contribution < -0.4 is 5.32 Å². The molecular weight excluding hydrogens is 264 g/mol. The van der Waals surface area contributed by atoms with Gasteiger partial charge >= 0.3 is 0 Å². The van der Waals surface area contributed by atoms with Crippen LogP contribution in [-0.4, -0.2) is 10.9 Å². The molecule has 1 N–H and O–H groups in total. The molecule has 4 heteroatoms. The van der Waals surface area contributed by atoms with Gasteiger partial charge in [0.2, 0.25) is 0 Å². The van der Waals surface area contributed by atoms with Gasteiger partial charge in [0.15, 0.2) is 5.76 Å². The Labute approximate surface area is 122 Å². The number of rotatable bonds is 4. The van der Waals surface area contributed by atoms with Gasteiger partial charge in [0.25, 0.3) is 5.91 Å². The first-order valence-electron chi connectivity index (χ1n) is 6.64. The summed E-state index contributed by atoms with van der Waals surface area (Å²) >= 11 is 0. The molecule has 0 saturated heterocycles. The Hall–Kier alpha value is -2.88. The molecular formula is C17H14N2O2. The number of pyridine rings is 1. The standard InChI is InChI=1S/C17H14N2O2/c20-17(19-12-13-6-9-18-10-7-13)16-15(8-11-21-16)14-4-2-1-3-5-14/h1-11H,12H2,(H,19,20). The predicted octanol–water partition coefficient (Wildman–Crippen LogP) is 3.27. The number of nitrogens with one attached hydrogen (secondary N) is 1. The smallest absolute Gasteiger partial charge is 0.287 e. The van der Waals surface area contributed by atoms with E-state index >= 15 is 0 Å². The topological polar surface area (TPSA) is 55.1 Å². The molecule has 3 aromatic rings. The summed E-state index contributed by atoms with van der Waals surface area (Å²) in [4.78, 5) is 16.2. The van der Waals surface area contributed by atoms with E-state index in [4.69, 9.17) is 4.42 Å². The van der Waals surface area contributed by atoms with Gasteiger partial charge in [-0.05, 0) is 29.3 Å². The molecule has 0 spiro atoms. The minimum absolute atomic E-state index is 0.226. The van der Waals surface area contributed by atoms with E-state index in [9.17, 15) is 4.79 Å². The summed E-state index contributed by atoms with van der Waals surface area (Å²) < 4.78 is 5.34. The SMILES string of the molecule is O=C(NCc1ccncc1)c1occc1-c1ccccc1. The number of carbonyl (C=O) groups excluding carboxylic acids is 1. The summed E-state index contributed by atoms with van der Waals surface area (Å²) in [6.07, 6.45) is 4.93. The fraction of sp³-hybridized carbons (Fsp3) is 0.0588. The highest BCUT2D eigenvalue weighted by atomic mass is 16.3. The Kier molecular flexibility index (Phi) is 3.78. The number of nitrogens with zero attached hydrogens (tertiary/aromatic N) is 1. The molecule has 0 aliphatic heterocycles. The fourth-order valence-corrected chi connectivity index (χ4v) is 2.09. The lowest BCUT2D eigenvalue weighted by Gasteiger charge is -2.05. The minimum atomic E-state index is -0.226. The fourth-order valence-electron chi connectivity index (χ4n) is 2.09. The Morgan fingerprint density at radius 3 is 2.57 bits per heavy atom. The maximum Gasteiger partial charge on any atom is 0.287 e. The van der Waals surface area contributed by atoms with Crippen molar-refractivity contribution in [2.45, 2.75) is 6.54 Å². The quantitative estimate of drug-likeness (QED) is 0.797. The molecule has 0 unspecified atom stereocenters. The molecule has 1 aromatic carbocycles. The lowest BCUT2D eigenvalue weighted by atomic mass is 10.1. The van der Waals surface area contributed by atoms with Gasteiger partial charge in [-0.2, -0.15) is 0 Å². The van der Waals surface area contributed by atoms with E-state index in [-0.39, 0.29) is 5.91 Å². The van der Waals surface area contributed by atoms with Crippen LogP contribution in [0.5, 0.6) is 0 Å². The number of hydrogen-bond acceptors (Lipinski definition) is 3. The van der Waals surface area contributed by atoms with Gasteiger partial charge in [-0.25, -0.2) is 0 Å². The van der Waals surface area contributed by atoms with E-state index in [0.717, 1.165) is 16.7 Å². The van der Waals surface area contributed by atoms with Gasteiger partial charge in [0, 0.05) is 24.5 Å². The van der Waals surface area contributed by atoms with Crippen molar-refractivity contribution in [3.8, 4) is 11.1 Å². The Morgan fingerprint density at radius 1 is 1.05 bits per heavy atom. The zero-order valence-corrected chi connectivity index (χ0v) is 11.3. The van der Waals surface area contributed by atoms with Gasteiger partial charge in [-0.1, -0.05) is 30.3 Å². The molecule has 4 nitrogen and oxygen atoms in total. The molecule has 0 fully saturated rings. The molecule has 0 aliphatic rings. The van der Waals surface area contributed by atoms with E-state index in [1.807, 2.05) is 42.5 Å². The summed E-state index contributed by atoms with van der Waals surface area (Å²) in [6.45, 7) is 0.441. The average Bonchev–Trinajstić information content (AvgIpc) is 3.04. The van der Waals surface area contributed by atoms with Crippen molar-refractivity contribution in [3.63, 3.8) is 0 Å². The van der Waals surface area contributed by atoms with Crippen molar-refractivity contribution < 1.29 is 9.21 Å². The lowest BCUT2D eigenvalue weighted by molar-refractivity contribution is 0.0924. The summed E-state index contributed by atoms with van der Waals surface area (Å²) in [5.41, 5.74) is 2.74. The van der Waals surface area contributed by atoms with E-state index in [0.29, 0.717) is 12.3 Å². The molecule has 0 saturated carbocycles. The zero-order chi connectivity index (χ0) is 14.5. The second kappa shape index (κ2) is 6.05. The largest absolute Gasteiger partial charge is 0.459 e. The molecule has 2 heterocycles. The summed E-state index contributed by atoms with van der Waals surface area (Å²) in [5.74, 6) is 0.103. The van der Waals surface area contributed by atoms with Crippen LogP contribution >= 0.6 is 0 Å². The predicted molar refractivity (Wildman–Crippen MR) is 79.6 cm³/mol. The molecule has 0 aliphatic carbocycles. The number of furan rings is 1. The Bertz CT molecular complexity index is 721. The highest BCUT2D eigenvalue weighted by molar-refractivity contribution is 5.98. The van der Waals surface area contributed by atoms with Crippen LogP contribution in [-0.2, 0) is 6.54 Å². The highest BCUT2D eigenvalue weighted by Crippen LogP contribution is 2.24. The van der Waals surface area contributed by atoms with Crippen molar-refractivity contribution in [2.24, 2.45) is 0 Å². The second-order valence-electron chi connectivity index (χ2n) is 4.57. The van der Waals surface area contributed by atoms with Gasteiger partial charge in [-0.3, -0.25) is 9.78 Å². The molecule has 104 valence electrons. The third-order valence-electron chi connectivity index (χ3n) is 3.16. The normalized spacial score (nSPS) is 10.3. The maximum absolute atomic E-state index is 12.3. The van der Waals surface area contributed by atoms with Crippen molar-refractivity contribution in [3.05, 3.63) is 78.5 Å². The zero-order valence-electron chi connectivity index (χ0n) is 11.3. The third kappa shape index (κ3) is 3.00. The van der Waals surface area contributed by atoms with Crippen LogP contribution in [0.15, 0.2) is 71.6 Å². The highest BCUT2D eigenvalue weighted by Gasteiger charge is 2.16. The van der Waals surface area contributed by atoms with Crippen LogP contribution in [0, 0.1) is 0 Å². The van der Waals surface area contributed by atoms with Crippen LogP contribution in [0.3, 0.4) is 0 Å². The van der Waals surface area contributed by atoms with E-state index < -0.39 is 0 Å². The summed E-state index contributed by atoms with van der Waals surface area (Å²) in [6, 6.07) is 15.2. The first-order chi connectivity index (χ1) is 10.3. The Balaban J connectivity index is 1.76. The number of hydrogen-bond donors (Lipinski definition) is 1. The molecule has 0 atom stereocenters. The first kappa shape index (κ1) is 13.1. The third-order valence-corrected chi connectivity index (χ3v) is 3.16. The molecule has 3 rings (SSSR count). The summed E-state index contributed by atoms with van der Waals surface area (Å²) in [7, 11) is 0. The number of amides is 1. The maximum atomic E-state index is 12.3. The number of benzene rings is 1. The first-order valence-corrected chi connectivity index (χ1v) is 6.64. The minimum Gasteiger partial charge on any atom is -0.459 e. The monoisotopic (exact) mass is 278 g/mol. The lowest BCUT2D eigenvalue weighted by Crippen LogP contribution is -2.22. The van der Waals surface area contributed by atoms with Crippen LogP contribution in [0.4, 0.5) is 0 Å². The van der Waals surface area contributed by atoms with Crippen molar-refractivity contribution in [2.75, 3.05) is 0 Å². The average molecular weight is 278 g/mol. The van der Waals surface area contributed by atoms with E-state index in [1.165, 1.54) is 6.26 Å². The molecule has 1 amide bonds. The molecule has 0 radical (unpaired) electrons. The van der Waals surface area contributed by atoms with E-state index in [1.54, 1.807) is 18.5 Å². The second-order valence-corrected chi connectivity index (χ2v) is 4.57. The van der Waals surface area contributed by atoms with Crippen LogP contribution in [0.2, 0.25) is 0 Å². The van der Waals surface area contributed by atoms with Gasteiger partial charge in [0.1, 0.15) is 0 Å². The van der Waals surface area contributed by atoms with Crippen molar-refractivity contribution >= 4 is 5.91 Å². The van der Waals surface area contributed by atoms with E-state index in [2.05, 4.69) is 10.3 Å². The van der Waals surface area contributed by atoms with Crippen molar-refractivity contribution in [1.29, 1.82) is 0 Å². The molecule has 21 heavy (non-hydrogen) atoms. The molecule has 2 aromatic heterocycles. The van der Waals surface area contributed by atoms with Crippen LogP contribution in [0.1, 0.15) is 16.1 Å². The van der Waals surface area contributed by atoms with Crippen molar-refractivity contribution in [1.82, 2.24) is 10.3 Å². The number of carbonyl (C=O) groups is 1. The van der Waals surface area contributed by atoms with Gasteiger partial charge < -0.3 is 9.73 Å². The van der Waals surface area contributed by atoms with Crippen LogP contribution in [0.25, 0.3) is 11.1 Å². The van der Waals surface area contributed by atoms with Gasteiger partial charge in [0.05, 0.1) is 6.26 Å².